The topological polar surface area (TPSA) is 106 Å². The molecule has 0 radical (unpaired) electrons. The maximum absolute atomic E-state index is 13.5. The largest absolute Gasteiger partial charge is 0.493 e. The lowest BCUT2D eigenvalue weighted by molar-refractivity contribution is -0.131. The van der Waals surface area contributed by atoms with Crippen molar-refractivity contribution in [2.75, 3.05) is 51.2 Å². The number of amides is 2. The van der Waals surface area contributed by atoms with Crippen LogP contribution in [0.1, 0.15) is 37.4 Å². The van der Waals surface area contributed by atoms with Gasteiger partial charge in [-0.2, -0.15) is 11.8 Å². The van der Waals surface area contributed by atoms with E-state index in [1.807, 2.05) is 28.8 Å². The van der Waals surface area contributed by atoms with Crippen LogP contribution in [0.5, 0.6) is 17.2 Å². The molecule has 2 aliphatic rings. The van der Waals surface area contributed by atoms with Crippen LogP contribution in [-0.2, 0) is 16.0 Å². The minimum atomic E-state index is -0.565. The smallest absolute Gasteiger partial charge is 0.244 e. The van der Waals surface area contributed by atoms with E-state index in [-0.39, 0.29) is 17.2 Å². The van der Waals surface area contributed by atoms with Crippen LogP contribution >= 0.6 is 11.8 Å². The lowest BCUT2D eigenvalue weighted by Gasteiger charge is -2.29. The number of carbonyl (C=O) groups is 2. The number of nitrogens with zero attached hydrogens (tertiary/aromatic N) is 1. The van der Waals surface area contributed by atoms with Gasteiger partial charge in [-0.05, 0) is 54.7 Å². The second-order valence-corrected chi connectivity index (χ2v) is 10.6. The first kappa shape index (κ1) is 27.6. The van der Waals surface area contributed by atoms with Crippen LogP contribution in [0.2, 0.25) is 0 Å². The fraction of sp³-hybridized carbons (Fsp3) is 0.464. The lowest BCUT2D eigenvalue weighted by Crippen LogP contribution is -2.45. The third kappa shape index (κ3) is 5.55. The van der Waals surface area contributed by atoms with Crippen molar-refractivity contribution in [1.29, 1.82) is 0 Å². The molecule has 2 aromatic carbocycles. The highest BCUT2D eigenvalue weighted by Gasteiger charge is 2.30. The summed E-state index contributed by atoms with van der Waals surface area (Å²) in [5, 5.41) is 6.15. The van der Waals surface area contributed by atoms with E-state index in [1.54, 1.807) is 40.4 Å². The predicted octanol–water partition coefficient (Wildman–Crippen LogP) is 3.24. The molecule has 1 aliphatic carbocycles. The molecule has 2 N–H and O–H groups in total. The molecule has 1 heterocycles. The van der Waals surface area contributed by atoms with Crippen molar-refractivity contribution in [2.24, 2.45) is 0 Å². The van der Waals surface area contributed by atoms with E-state index >= 15 is 0 Å². The SMILES string of the molecule is COc1cc2c(c(OC)c1OC)-c1ccc(N[C@H](C)C(=O)N3CCSCC3)c(=O)cc1[C@H](NC(C)=O)CC2. The number of fused-ring (bicyclic) bond motifs is 3. The Hall–Kier alpha value is -3.40. The number of nitrogens with one attached hydrogen (secondary N) is 2. The first-order chi connectivity index (χ1) is 18.3. The number of rotatable bonds is 7. The minimum Gasteiger partial charge on any atom is -0.493 e. The van der Waals surface area contributed by atoms with E-state index in [2.05, 4.69) is 10.6 Å². The Kier molecular flexibility index (Phi) is 8.71. The molecule has 2 atom stereocenters. The number of thioether (sulfide) groups is 1. The number of methoxy groups -OCH3 is 3. The highest BCUT2D eigenvalue weighted by Crippen LogP contribution is 2.50. The van der Waals surface area contributed by atoms with Crippen LogP contribution in [0.3, 0.4) is 0 Å². The third-order valence-corrected chi connectivity index (χ3v) is 7.92. The van der Waals surface area contributed by atoms with Crippen molar-refractivity contribution in [3.8, 4) is 28.4 Å². The Labute approximate surface area is 227 Å². The first-order valence-electron chi connectivity index (χ1n) is 12.7. The van der Waals surface area contributed by atoms with Gasteiger partial charge < -0.3 is 29.7 Å². The van der Waals surface area contributed by atoms with Gasteiger partial charge >= 0.3 is 0 Å². The highest BCUT2D eigenvalue weighted by molar-refractivity contribution is 7.99. The van der Waals surface area contributed by atoms with Crippen LogP contribution in [0.25, 0.3) is 11.1 Å². The van der Waals surface area contributed by atoms with Crippen molar-refractivity contribution in [2.45, 2.75) is 38.8 Å². The van der Waals surface area contributed by atoms with Crippen LogP contribution in [0, 0.1) is 0 Å². The van der Waals surface area contributed by atoms with Gasteiger partial charge in [0.2, 0.25) is 23.0 Å². The molecule has 0 aromatic heterocycles. The molecule has 2 aromatic rings. The second kappa shape index (κ2) is 12.0. The Bertz CT molecular complexity index is 1280. The summed E-state index contributed by atoms with van der Waals surface area (Å²) in [5.74, 6) is 3.09. The lowest BCUT2D eigenvalue weighted by atomic mass is 9.95. The van der Waals surface area contributed by atoms with Crippen molar-refractivity contribution >= 4 is 29.3 Å². The van der Waals surface area contributed by atoms with Gasteiger partial charge in [0, 0.05) is 37.1 Å². The van der Waals surface area contributed by atoms with Gasteiger partial charge in [0.15, 0.2) is 11.5 Å². The summed E-state index contributed by atoms with van der Waals surface area (Å²) in [4.78, 5) is 40.4. The number of carbonyl (C=O) groups excluding carboxylic acids is 2. The average Bonchev–Trinajstić information content (AvgIpc) is 3.16. The Morgan fingerprint density at radius 1 is 1.05 bits per heavy atom. The van der Waals surface area contributed by atoms with E-state index in [0.29, 0.717) is 54.4 Å². The monoisotopic (exact) mass is 541 g/mol. The van der Waals surface area contributed by atoms with E-state index in [9.17, 15) is 14.4 Å². The summed E-state index contributed by atoms with van der Waals surface area (Å²) in [5.41, 5.74) is 3.20. The average molecular weight is 542 g/mol. The van der Waals surface area contributed by atoms with Gasteiger partial charge in [0.25, 0.3) is 0 Å². The predicted molar refractivity (Wildman–Crippen MR) is 150 cm³/mol. The zero-order valence-electron chi connectivity index (χ0n) is 22.5. The zero-order valence-corrected chi connectivity index (χ0v) is 23.3. The number of hydrogen-bond donors (Lipinski definition) is 2. The van der Waals surface area contributed by atoms with Gasteiger partial charge in [0.05, 0.1) is 33.1 Å². The molecule has 0 saturated carbocycles. The Balaban J connectivity index is 1.84. The van der Waals surface area contributed by atoms with Crippen LogP contribution < -0.4 is 30.3 Å². The van der Waals surface area contributed by atoms with Crippen molar-refractivity contribution in [3.05, 3.63) is 45.6 Å². The van der Waals surface area contributed by atoms with Gasteiger partial charge in [-0.3, -0.25) is 14.4 Å². The maximum Gasteiger partial charge on any atom is 0.244 e. The Morgan fingerprint density at radius 2 is 1.76 bits per heavy atom. The third-order valence-electron chi connectivity index (χ3n) is 6.98. The number of hydrogen-bond acceptors (Lipinski definition) is 8. The summed E-state index contributed by atoms with van der Waals surface area (Å²) in [7, 11) is 4.68. The molecule has 0 bridgehead atoms. The fourth-order valence-corrected chi connectivity index (χ4v) is 6.08. The quantitative estimate of drug-likeness (QED) is 0.551. The molecule has 38 heavy (non-hydrogen) atoms. The second-order valence-electron chi connectivity index (χ2n) is 9.40. The molecule has 204 valence electrons. The molecule has 4 rings (SSSR count). The van der Waals surface area contributed by atoms with Gasteiger partial charge in [-0.15, -0.1) is 0 Å². The standard InChI is InChI=1S/C28H35N3O6S/c1-16(28(34)31-10-12-38-13-11-31)29-22-9-7-19-20(15-23(22)33)21(30-17(2)32)8-6-18-14-24(35-3)26(36-4)27(37-5)25(18)19/h7,9,14-16,21H,6,8,10-13H2,1-5H3,(H,29,33)(H,30,32)/t16-,21-/m1/s1. The first-order valence-corrected chi connectivity index (χ1v) is 13.8. The van der Waals surface area contributed by atoms with E-state index < -0.39 is 12.1 Å². The summed E-state index contributed by atoms with van der Waals surface area (Å²) >= 11 is 1.83. The summed E-state index contributed by atoms with van der Waals surface area (Å²) in [6.07, 6.45) is 1.20. The fourth-order valence-electron chi connectivity index (χ4n) is 5.18. The molecule has 2 amide bonds. The molecular formula is C28H35N3O6S. The van der Waals surface area contributed by atoms with Crippen LogP contribution in [0.15, 0.2) is 29.1 Å². The molecule has 0 spiro atoms. The zero-order chi connectivity index (χ0) is 27.4. The van der Waals surface area contributed by atoms with E-state index in [1.165, 1.54) is 6.92 Å². The van der Waals surface area contributed by atoms with Gasteiger partial charge in [-0.1, -0.05) is 6.07 Å². The van der Waals surface area contributed by atoms with E-state index in [0.717, 1.165) is 28.2 Å². The number of ether oxygens (including phenoxy) is 3. The molecule has 1 saturated heterocycles. The van der Waals surface area contributed by atoms with Crippen LogP contribution in [0.4, 0.5) is 5.69 Å². The number of aryl methyl sites for hydroxylation is 1. The number of anilines is 1. The molecule has 0 unspecified atom stereocenters. The van der Waals surface area contributed by atoms with Gasteiger partial charge in [0.1, 0.15) is 6.04 Å². The number of benzene rings is 1. The molecule has 10 heteroatoms. The highest BCUT2D eigenvalue weighted by atomic mass is 32.2. The van der Waals surface area contributed by atoms with E-state index in [4.69, 9.17) is 14.2 Å². The van der Waals surface area contributed by atoms with Gasteiger partial charge in [-0.25, -0.2) is 0 Å². The molecular weight excluding hydrogens is 506 g/mol. The maximum atomic E-state index is 13.5. The molecule has 1 fully saturated rings. The summed E-state index contributed by atoms with van der Waals surface area (Å²) in [6.45, 7) is 4.65. The van der Waals surface area contributed by atoms with Crippen molar-refractivity contribution in [3.63, 3.8) is 0 Å². The normalized spacial score (nSPS) is 17.3. The Morgan fingerprint density at radius 3 is 2.39 bits per heavy atom. The van der Waals surface area contributed by atoms with Crippen LogP contribution in [-0.4, -0.2) is 68.7 Å². The summed E-state index contributed by atoms with van der Waals surface area (Å²) < 4.78 is 17.0. The summed E-state index contributed by atoms with van der Waals surface area (Å²) in [6, 6.07) is 6.06. The van der Waals surface area contributed by atoms with Crippen molar-refractivity contribution < 1.29 is 23.8 Å². The molecule has 1 aliphatic heterocycles. The minimum absolute atomic E-state index is 0.0299. The van der Waals surface area contributed by atoms with Crippen molar-refractivity contribution in [1.82, 2.24) is 10.2 Å². The molecule has 9 nitrogen and oxygen atoms in total.